The fraction of sp³-hybridized carbons (Fsp3) is 0.705. The largest absolute Gasteiger partial charge is 0.480 e. The Morgan fingerprint density at radius 2 is 0.726 bits per heavy atom. The first kappa shape index (κ1) is 93.3. The number of amides is 12. The lowest BCUT2D eigenvalue weighted by molar-refractivity contribution is -0.142. The van der Waals surface area contributed by atoms with Crippen LogP contribution in [0.2, 0.25) is 0 Å². The summed E-state index contributed by atoms with van der Waals surface area (Å²) in [5.41, 5.74) is 78.2. The first-order valence-corrected chi connectivity index (χ1v) is 35.0. The Morgan fingerprint density at radius 3 is 1.04 bits per heavy atom. The molecule has 0 aromatic heterocycles. The minimum atomic E-state index is -1.52. The van der Waals surface area contributed by atoms with Crippen LogP contribution in [0.4, 0.5) is 0 Å². The lowest BCUT2D eigenvalue weighted by atomic mass is 10.0. The number of aliphatic imine (C=N–C) groups is 5. The van der Waals surface area contributed by atoms with Crippen molar-refractivity contribution in [3.63, 3.8) is 0 Å². The van der Waals surface area contributed by atoms with Gasteiger partial charge in [-0.3, -0.25) is 87.3 Å². The van der Waals surface area contributed by atoms with Crippen molar-refractivity contribution in [1.29, 1.82) is 0 Å². The van der Waals surface area contributed by atoms with Gasteiger partial charge in [-0.1, -0.05) is 0 Å². The van der Waals surface area contributed by atoms with E-state index in [9.17, 15) is 72.5 Å². The van der Waals surface area contributed by atoms with Crippen LogP contribution in [-0.4, -0.2) is 254 Å². The first-order valence-electron chi connectivity index (χ1n) is 35.0. The Hall–Kier alpha value is -10.7. The number of unbranched alkanes of at least 4 members (excludes halogenated alkanes) is 2. The number of hydrogen-bond acceptors (Lipinski definition) is 22. The number of aliphatic carboxylic acids is 1. The molecule has 0 unspecified atom stereocenters. The number of aliphatic hydroxyl groups excluding tert-OH is 1. The third-order valence-corrected chi connectivity index (χ3v) is 16.1. The van der Waals surface area contributed by atoms with E-state index in [1.54, 1.807) is 0 Å². The smallest absolute Gasteiger partial charge is 0.322 e. The highest BCUT2D eigenvalue weighted by Crippen LogP contribution is 2.20. The molecule has 45 nitrogen and oxygen atoms in total. The average Bonchev–Trinajstić information content (AvgIpc) is 1.63. The molecule has 1 aliphatic rings. The molecule has 0 bridgehead atoms. The molecular weight excluding hydrogens is 1390 g/mol. The molecule has 1 rings (SSSR count). The SMILES string of the molecule is C[C@@H](O)[C@H](N)C(=O)N1CCC[C@H]1C(=O)N[C@@H](CCC(N)=O)C(=O)N[C@@H](CCCN=C(N)N)C(=O)NCCC(=O)N[C@@H](CCCN=C(N)N)C(=O)N[C@@H](CCCN=C(N)N)C(=O)N[C@@H](CCCN=C(N)N)C(=O)N[C@@H](CCCCN)C(=O)N[C@@H](CCCCN)C(=O)N[C@@H](CCCN=C(N)N)C(=O)NCC(=O)O. The molecule has 12 amide bonds. The minimum Gasteiger partial charge on any atom is -0.480 e. The maximum absolute atomic E-state index is 14.7. The molecule has 0 aromatic rings. The van der Waals surface area contributed by atoms with E-state index in [2.05, 4.69) is 78.1 Å². The van der Waals surface area contributed by atoms with Gasteiger partial charge in [-0.05, 0) is 142 Å². The van der Waals surface area contributed by atoms with E-state index in [-0.39, 0.29) is 178 Å². The summed E-state index contributed by atoms with van der Waals surface area (Å²) in [4.78, 5) is 198. The Balaban J connectivity index is 3.72. The third kappa shape index (κ3) is 40.4. The number of nitrogens with zero attached hydrogens (tertiary/aromatic N) is 6. The molecule has 1 fully saturated rings. The van der Waals surface area contributed by atoms with Crippen molar-refractivity contribution in [3.8, 4) is 0 Å². The molecule has 0 radical (unpaired) electrons. The Labute approximate surface area is 614 Å². The van der Waals surface area contributed by atoms with Crippen LogP contribution in [0.15, 0.2) is 25.0 Å². The van der Waals surface area contributed by atoms with Gasteiger partial charge in [0.2, 0.25) is 70.9 Å². The second-order valence-electron chi connectivity index (χ2n) is 25.0. The zero-order valence-electron chi connectivity index (χ0n) is 60.2. The van der Waals surface area contributed by atoms with Crippen molar-refractivity contribution in [2.45, 2.75) is 208 Å². The molecule has 106 heavy (non-hydrogen) atoms. The molecule has 40 N–H and O–H groups in total. The van der Waals surface area contributed by atoms with Crippen LogP contribution >= 0.6 is 0 Å². The van der Waals surface area contributed by atoms with Crippen molar-refractivity contribution >= 4 is 107 Å². The highest BCUT2D eigenvalue weighted by molar-refractivity contribution is 5.99. The van der Waals surface area contributed by atoms with Crippen LogP contribution in [0, 0.1) is 0 Å². The van der Waals surface area contributed by atoms with Crippen LogP contribution in [0.25, 0.3) is 0 Å². The predicted molar refractivity (Wildman–Crippen MR) is 392 cm³/mol. The van der Waals surface area contributed by atoms with Crippen molar-refractivity contribution in [2.75, 3.05) is 65.4 Å². The number of nitrogens with one attached hydrogen (secondary N) is 10. The molecule has 1 aliphatic heterocycles. The molecule has 0 aliphatic carbocycles. The van der Waals surface area contributed by atoms with Gasteiger partial charge in [0.1, 0.15) is 67.0 Å². The highest BCUT2D eigenvalue weighted by Gasteiger charge is 2.40. The Kier molecular flexibility index (Phi) is 46.0. The number of likely N-dealkylation sites (tertiary alicyclic amines) is 1. The lowest BCUT2D eigenvalue weighted by Gasteiger charge is -2.29. The number of carboxylic acid groups (broad SMARTS) is 1. The van der Waals surface area contributed by atoms with Crippen LogP contribution in [0.3, 0.4) is 0 Å². The van der Waals surface area contributed by atoms with E-state index in [4.69, 9.17) is 80.3 Å². The van der Waals surface area contributed by atoms with Crippen LogP contribution < -0.4 is 133 Å². The van der Waals surface area contributed by atoms with Gasteiger partial charge in [0.25, 0.3) is 0 Å². The number of carbonyl (C=O) groups is 13. The van der Waals surface area contributed by atoms with Crippen molar-refractivity contribution in [3.05, 3.63) is 0 Å². The van der Waals surface area contributed by atoms with E-state index >= 15 is 0 Å². The summed E-state index contributed by atoms with van der Waals surface area (Å²) in [6.45, 7) is 0.511. The number of hydrogen-bond donors (Lipinski definition) is 26. The van der Waals surface area contributed by atoms with E-state index in [1.165, 1.54) is 11.8 Å². The second kappa shape index (κ2) is 52.3. The van der Waals surface area contributed by atoms with Crippen LogP contribution in [0.5, 0.6) is 0 Å². The number of guanidine groups is 5. The molecule has 600 valence electrons. The average molecular weight is 1510 g/mol. The first-order chi connectivity index (χ1) is 50.1. The highest BCUT2D eigenvalue weighted by atomic mass is 16.4. The van der Waals surface area contributed by atoms with Crippen LogP contribution in [0.1, 0.15) is 142 Å². The van der Waals surface area contributed by atoms with E-state index in [0.717, 1.165) is 0 Å². The summed E-state index contributed by atoms with van der Waals surface area (Å²) in [7, 11) is 0. The van der Waals surface area contributed by atoms with Gasteiger partial charge >= 0.3 is 5.97 Å². The van der Waals surface area contributed by atoms with Gasteiger partial charge in [-0.25, -0.2) is 0 Å². The molecule has 11 atom stereocenters. The molecular formula is C61H116N30O15. The van der Waals surface area contributed by atoms with Gasteiger partial charge in [0, 0.05) is 58.7 Å². The Bertz CT molecular complexity index is 3010. The fourth-order valence-corrected chi connectivity index (χ4v) is 10.5. The number of carboxylic acids is 1. The second-order valence-corrected chi connectivity index (χ2v) is 25.0. The van der Waals surface area contributed by atoms with E-state index in [0.29, 0.717) is 25.7 Å². The molecule has 1 saturated heterocycles. The summed E-state index contributed by atoms with van der Waals surface area (Å²) in [5.74, 6) is -13.1. The summed E-state index contributed by atoms with van der Waals surface area (Å²) in [6.07, 6.45) is -1.01. The van der Waals surface area contributed by atoms with E-state index < -0.39 is 169 Å². The summed E-state index contributed by atoms with van der Waals surface area (Å²) in [5, 5.41) is 44.9. The third-order valence-electron chi connectivity index (χ3n) is 16.1. The molecule has 45 heteroatoms. The molecule has 0 aromatic carbocycles. The molecule has 0 saturated carbocycles. The quantitative estimate of drug-likeness (QED) is 0.0153. The number of aliphatic hydroxyl groups is 1. The van der Waals surface area contributed by atoms with Gasteiger partial charge in [0.05, 0.1) is 6.10 Å². The number of nitrogens with two attached hydrogens (primary N) is 14. The molecule has 0 spiro atoms. The maximum atomic E-state index is 14.7. The summed E-state index contributed by atoms with van der Waals surface area (Å²) >= 11 is 0. The minimum absolute atomic E-state index is 0.00654. The number of primary amides is 1. The van der Waals surface area contributed by atoms with Gasteiger partial charge < -0.3 is 149 Å². The topological polar surface area (TPSA) is 812 Å². The van der Waals surface area contributed by atoms with Crippen molar-refractivity contribution in [2.24, 2.45) is 105 Å². The zero-order chi connectivity index (χ0) is 79.8. The summed E-state index contributed by atoms with van der Waals surface area (Å²) in [6, 6.07) is -13.9. The van der Waals surface area contributed by atoms with Crippen molar-refractivity contribution in [1.82, 2.24) is 58.1 Å². The zero-order valence-corrected chi connectivity index (χ0v) is 60.2. The number of rotatable bonds is 55. The van der Waals surface area contributed by atoms with Crippen molar-refractivity contribution < 1.29 is 72.5 Å². The van der Waals surface area contributed by atoms with E-state index in [1.807, 2.05) is 0 Å². The fourth-order valence-electron chi connectivity index (χ4n) is 10.5. The Morgan fingerprint density at radius 1 is 0.415 bits per heavy atom. The van der Waals surface area contributed by atoms with Gasteiger partial charge in [-0.15, -0.1) is 0 Å². The standard InChI is InChI=1S/C61H116N30O15/c1-33(92)46(65)56(106)91-31-11-19-42(91)55(105)90-41(20-21-43(64)93)54(104)84-34(14-6-25-77-57(66)67)47(97)76-30-22-44(94)83-36(16-8-27-79-59(70)71)49(99)88-39(17-9-28-80-60(72)73)53(103)89-40(18-10-29-81-61(74)75)52(102)87-38(13-3-5-24-63)51(101)86-37(12-2-4-23-62)50(100)85-35(15-7-26-78-58(68)69)48(98)82-32-45(95)96/h33-42,46,92H,2-32,62-63,65H2,1H3,(H2,64,93)(H,76,97)(H,82,98)(H,83,94)(H,84,104)(H,85,100)(H,86,101)(H,87,102)(H,88,99)(H,89,103)(H,90,105)(H,95,96)(H4,66,67,77)(H4,68,69,78)(H4,70,71,79)(H4,72,73,80)(H4,74,75,81)/t33-,34+,35+,36+,37+,38+,39+,40+,41+,42+,46+/m1/s1. The molecule has 1 heterocycles. The van der Waals surface area contributed by atoms with Gasteiger partial charge in [-0.2, -0.15) is 0 Å². The predicted octanol–water partition coefficient (Wildman–Crippen LogP) is -11.9. The normalized spacial score (nSPS) is 15.1. The maximum Gasteiger partial charge on any atom is 0.322 e. The monoisotopic (exact) mass is 1510 g/mol. The summed E-state index contributed by atoms with van der Waals surface area (Å²) < 4.78 is 0. The number of carbonyl (C=O) groups excluding carboxylic acids is 12. The van der Waals surface area contributed by atoms with Crippen LogP contribution in [-0.2, 0) is 62.3 Å². The lowest BCUT2D eigenvalue weighted by Crippen LogP contribution is -2.59. The van der Waals surface area contributed by atoms with Gasteiger partial charge in [0.15, 0.2) is 29.8 Å².